The fraction of sp³-hybridized carbons (Fsp3) is 0.647. The third-order valence-electron chi connectivity index (χ3n) is 5.04. The molecule has 1 heterocycles. The molecule has 1 aliphatic carbocycles. The summed E-state index contributed by atoms with van der Waals surface area (Å²) in [5, 5.41) is 0. The Balaban J connectivity index is 1.90. The second kappa shape index (κ2) is 5.03. The molecule has 0 aromatic heterocycles. The van der Waals surface area contributed by atoms with Crippen molar-refractivity contribution in [1.29, 1.82) is 0 Å². The molecule has 1 unspecified atom stereocenters. The molecular weight excluding hydrogens is 314 g/mol. The standard InChI is InChI=1S/C17H24BrNO/c1-16(2)6-3-7-17(9-8-16)11-14(19)13-5-4-12(18)10-15(13)20-17/h4-5,10,14H,3,6-9,11,19H2,1-2H3/t14-,17?/m0/s1. The van der Waals surface area contributed by atoms with Gasteiger partial charge in [0, 0.05) is 22.5 Å². The second-order valence-corrected chi connectivity index (χ2v) is 8.21. The molecule has 1 aromatic rings. The maximum absolute atomic E-state index is 6.47. The first kappa shape index (κ1) is 14.4. The Morgan fingerprint density at radius 1 is 1.20 bits per heavy atom. The van der Waals surface area contributed by atoms with Gasteiger partial charge in [-0.15, -0.1) is 0 Å². The van der Waals surface area contributed by atoms with Crippen LogP contribution in [0.1, 0.15) is 64.0 Å². The molecule has 2 aliphatic rings. The predicted molar refractivity (Wildman–Crippen MR) is 85.9 cm³/mol. The van der Waals surface area contributed by atoms with E-state index in [1.165, 1.54) is 19.3 Å². The summed E-state index contributed by atoms with van der Waals surface area (Å²) >= 11 is 3.54. The van der Waals surface area contributed by atoms with Crippen molar-refractivity contribution in [3.63, 3.8) is 0 Å². The summed E-state index contributed by atoms with van der Waals surface area (Å²) in [6, 6.07) is 6.33. The minimum absolute atomic E-state index is 0.0407. The van der Waals surface area contributed by atoms with E-state index in [1.807, 2.05) is 0 Å². The van der Waals surface area contributed by atoms with Gasteiger partial charge in [0.25, 0.3) is 0 Å². The zero-order chi connectivity index (χ0) is 14.4. The van der Waals surface area contributed by atoms with Crippen LogP contribution in [0.15, 0.2) is 22.7 Å². The lowest BCUT2D eigenvalue weighted by Gasteiger charge is -2.41. The van der Waals surface area contributed by atoms with Crippen LogP contribution in [-0.4, -0.2) is 5.60 Å². The van der Waals surface area contributed by atoms with Gasteiger partial charge in [0.1, 0.15) is 11.4 Å². The molecule has 0 bridgehead atoms. The second-order valence-electron chi connectivity index (χ2n) is 7.30. The summed E-state index contributed by atoms with van der Waals surface area (Å²) in [5.41, 5.74) is 7.98. The van der Waals surface area contributed by atoms with Gasteiger partial charge in [-0.25, -0.2) is 0 Å². The molecule has 1 saturated carbocycles. The molecule has 3 heteroatoms. The summed E-state index contributed by atoms with van der Waals surface area (Å²) in [4.78, 5) is 0. The summed E-state index contributed by atoms with van der Waals surface area (Å²) < 4.78 is 7.54. The van der Waals surface area contributed by atoms with Crippen LogP contribution in [0.25, 0.3) is 0 Å². The van der Waals surface area contributed by atoms with Crippen molar-refractivity contribution >= 4 is 15.9 Å². The quantitative estimate of drug-likeness (QED) is 0.726. The zero-order valence-corrected chi connectivity index (χ0v) is 14.0. The van der Waals surface area contributed by atoms with E-state index in [0.717, 1.165) is 35.0 Å². The smallest absolute Gasteiger partial charge is 0.126 e. The number of ether oxygens (including phenoxy) is 1. The molecule has 2 atom stereocenters. The lowest BCUT2D eigenvalue weighted by molar-refractivity contribution is 0.0188. The molecule has 1 fully saturated rings. The van der Waals surface area contributed by atoms with Crippen molar-refractivity contribution in [3.8, 4) is 5.75 Å². The van der Waals surface area contributed by atoms with E-state index in [4.69, 9.17) is 10.5 Å². The maximum Gasteiger partial charge on any atom is 0.126 e. The number of hydrogen-bond acceptors (Lipinski definition) is 2. The van der Waals surface area contributed by atoms with Gasteiger partial charge in [-0.05, 0) is 49.7 Å². The number of halogens is 1. The van der Waals surface area contributed by atoms with Crippen LogP contribution in [0.2, 0.25) is 0 Å². The molecule has 110 valence electrons. The highest BCUT2D eigenvalue weighted by Crippen LogP contribution is 2.48. The molecule has 1 spiro atoms. The Morgan fingerprint density at radius 2 is 2.00 bits per heavy atom. The predicted octanol–water partition coefficient (Wildman–Crippen LogP) is 4.96. The van der Waals surface area contributed by atoms with Crippen molar-refractivity contribution in [1.82, 2.24) is 0 Å². The first-order chi connectivity index (χ1) is 9.39. The number of hydrogen-bond donors (Lipinski definition) is 1. The van der Waals surface area contributed by atoms with Crippen molar-refractivity contribution in [2.75, 3.05) is 0 Å². The summed E-state index contributed by atoms with van der Waals surface area (Å²) in [6.45, 7) is 4.75. The van der Waals surface area contributed by atoms with Gasteiger partial charge in [-0.1, -0.05) is 35.8 Å². The number of fused-ring (bicyclic) bond motifs is 1. The van der Waals surface area contributed by atoms with Crippen LogP contribution in [0.3, 0.4) is 0 Å². The van der Waals surface area contributed by atoms with Crippen molar-refractivity contribution in [2.45, 2.75) is 64.0 Å². The molecule has 0 radical (unpaired) electrons. The monoisotopic (exact) mass is 337 g/mol. The van der Waals surface area contributed by atoms with Crippen LogP contribution in [0.5, 0.6) is 5.75 Å². The van der Waals surface area contributed by atoms with E-state index < -0.39 is 0 Å². The first-order valence-corrected chi connectivity index (χ1v) is 8.43. The van der Waals surface area contributed by atoms with E-state index in [-0.39, 0.29) is 11.6 Å². The van der Waals surface area contributed by atoms with Crippen LogP contribution < -0.4 is 10.5 Å². The van der Waals surface area contributed by atoms with Gasteiger partial charge in [0.05, 0.1) is 0 Å². The lowest BCUT2D eigenvalue weighted by atomic mass is 9.80. The Hall–Kier alpha value is -0.540. The van der Waals surface area contributed by atoms with Gasteiger partial charge in [0.15, 0.2) is 0 Å². The number of rotatable bonds is 0. The Labute approximate surface area is 130 Å². The average Bonchev–Trinajstić information content (AvgIpc) is 2.49. The van der Waals surface area contributed by atoms with Crippen LogP contribution >= 0.6 is 15.9 Å². The summed E-state index contributed by atoms with van der Waals surface area (Å²) in [7, 11) is 0. The third-order valence-corrected chi connectivity index (χ3v) is 5.53. The van der Waals surface area contributed by atoms with Crippen molar-refractivity contribution < 1.29 is 4.74 Å². The minimum atomic E-state index is -0.0407. The fourth-order valence-corrected chi connectivity index (χ4v) is 4.04. The molecular formula is C17H24BrNO. The topological polar surface area (TPSA) is 35.2 Å². The third kappa shape index (κ3) is 2.75. The van der Waals surface area contributed by atoms with Crippen LogP contribution in [0, 0.1) is 5.41 Å². The molecule has 2 N–H and O–H groups in total. The molecule has 1 aliphatic heterocycles. The van der Waals surface area contributed by atoms with Gasteiger partial charge < -0.3 is 10.5 Å². The molecule has 3 rings (SSSR count). The Bertz CT molecular complexity index is 514. The van der Waals surface area contributed by atoms with Gasteiger partial charge >= 0.3 is 0 Å². The molecule has 20 heavy (non-hydrogen) atoms. The lowest BCUT2D eigenvalue weighted by Crippen LogP contribution is -2.42. The highest BCUT2D eigenvalue weighted by atomic mass is 79.9. The van der Waals surface area contributed by atoms with Gasteiger partial charge in [-0.3, -0.25) is 0 Å². The number of nitrogens with two attached hydrogens (primary N) is 1. The number of benzene rings is 1. The highest BCUT2D eigenvalue weighted by molar-refractivity contribution is 9.10. The highest BCUT2D eigenvalue weighted by Gasteiger charge is 2.42. The van der Waals surface area contributed by atoms with Crippen molar-refractivity contribution in [2.24, 2.45) is 11.1 Å². The van der Waals surface area contributed by atoms with E-state index >= 15 is 0 Å². The molecule has 0 saturated heterocycles. The normalized spacial score (nSPS) is 32.3. The maximum atomic E-state index is 6.47. The molecule has 0 amide bonds. The van der Waals surface area contributed by atoms with Gasteiger partial charge in [-0.2, -0.15) is 0 Å². The van der Waals surface area contributed by atoms with Gasteiger partial charge in [0.2, 0.25) is 0 Å². The zero-order valence-electron chi connectivity index (χ0n) is 12.4. The summed E-state index contributed by atoms with van der Waals surface area (Å²) in [5.74, 6) is 0.984. The SMILES string of the molecule is CC1(C)CCCC2(CC1)C[C@H](N)c1ccc(Br)cc1O2. The fourth-order valence-electron chi connectivity index (χ4n) is 3.70. The Morgan fingerprint density at radius 3 is 2.80 bits per heavy atom. The van der Waals surface area contributed by atoms with Crippen molar-refractivity contribution in [3.05, 3.63) is 28.2 Å². The average molecular weight is 338 g/mol. The van der Waals surface area contributed by atoms with Crippen LogP contribution in [0.4, 0.5) is 0 Å². The van der Waals surface area contributed by atoms with E-state index in [9.17, 15) is 0 Å². The van der Waals surface area contributed by atoms with Crippen LogP contribution in [-0.2, 0) is 0 Å². The molecule has 2 nitrogen and oxygen atoms in total. The van der Waals surface area contributed by atoms with E-state index in [0.29, 0.717) is 5.41 Å². The van der Waals surface area contributed by atoms with E-state index in [2.05, 4.69) is 48.0 Å². The Kier molecular flexibility index (Phi) is 3.62. The first-order valence-electron chi connectivity index (χ1n) is 7.63. The summed E-state index contributed by atoms with van der Waals surface area (Å²) in [6.07, 6.45) is 6.97. The molecule has 1 aromatic carbocycles. The van der Waals surface area contributed by atoms with E-state index in [1.54, 1.807) is 0 Å². The minimum Gasteiger partial charge on any atom is -0.487 e. The largest absolute Gasteiger partial charge is 0.487 e.